The second kappa shape index (κ2) is 8.13. The molecule has 0 amide bonds. The third kappa shape index (κ3) is 4.22. The molecule has 108 valence electrons. The van der Waals surface area contributed by atoms with E-state index in [0.717, 1.165) is 19.6 Å². The van der Waals surface area contributed by atoms with Gasteiger partial charge in [-0.15, -0.1) is 0 Å². The van der Waals surface area contributed by atoms with E-state index in [1.54, 1.807) is 0 Å². The Morgan fingerprint density at radius 3 is 2.50 bits per heavy atom. The van der Waals surface area contributed by atoms with Crippen molar-refractivity contribution in [1.82, 2.24) is 10.2 Å². The smallest absolute Gasteiger partial charge is 0.0586 e. The van der Waals surface area contributed by atoms with Crippen LogP contribution in [0.4, 0.5) is 0 Å². The Morgan fingerprint density at radius 2 is 1.94 bits per heavy atom. The van der Waals surface area contributed by atoms with Gasteiger partial charge in [-0.25, -0.2) is 0 Å². The van der Waals surface area contributed by atoms with Crippen LogP contribution in [0.15, 0.2) is 0 Å². The molecular formula is C15H32N2O. The van der Waals surface area contributed by atoms with Crippen molar-refractivity contribution in [2.24, 2.45) is 5.41 Å². The van der Waals surface area contributed by atoms with Gasteiger partial charge in [0.25, 0.3) is 0 Å². The van der Waals surface area contributed by atoms with E-state index in [2.05, 4.69) is 24.1 Å². The molecule has 2 N–H and O–H groups in total. The Hall–Kier alpha value is -0.120. The fourth-order valence-corrected chi connectivity index (χ4v) is 3.24. The quantitative estimate of drug-likeness (QED) is 0.733. The van der Waals surface area contributed by atoms with Crippen LogP contribution < -0.4 is 5.32 Å². The summed E-state index contributed by atoms with van der Waals surface area (Å²) in [5.41, 5.74) is 0.368. The fraction of sp³-hybridized carbons (Fsp3) is 1.00. The van der Waals surface area contributed by atoms with Crippen LogP contribution in [0, 0.1) is 5.41 Å². The maximum Gasteiger partial charge on any atom is 0.0586 e. The van der Waals surface area contributed by atoms with Crippen LogP contribution >= 0.6 is 0 Å². The van der Waals surface area contributed by atoms with E-state index in [9.17, 15) is 5.11 Å². The largest absolute Gasteiger partial charge is 0.395 e. The van der Waals surface area contributed by atoms with Crippen molar-refractivity contribution >= 4 is 0 Å². The summed E-state index contributed by atoms with van der Waals surface area (Å²) in [6.07, 6.45) is 7.47. The van der Waals surface area contributed by atoms with Gasteiger partial charge in [0.1, 0.15) is 0 Å². The van der Waals surface area contributed by atoms with Crippen LogP contribution in [-0.2, 0) is 0 Å². The van der Waals surface area contributed by atoms with Crippen molar-refractivity contribution in [2.45, 2.75) is 58.4 Å². The Bertz CT molecular complexity index is 217. The lowest BCUT2D eigenvalue weighted by molar-refractivity contribution is 0.0690. The lowest BCUT2D eigenvalue weighted by Gasteiger charge is -2.40. The summed E-state index contributed by atoms with van der Waals surface area (Å²) in [6.45, 7) is 8.29. The van der Waals surface area contributed by atoms with Crippen LogP contribution in [0.1, 0.15) is 52.4 Å². The molecular weight excluding hydrogens is 224 g/mol. The molecule has 0 bridgehead atoms. The van der Waals surface area contributed by atoms with Crippen molar-refractivity contribution in [2.75, 3.05) is 33.3 Å². The average molecular weight is 256 g/mol. The van der Waals surface area contributed by atoms with Gasteiger partial charge in [0.05, 0.1) is 6.61 Å². The minimum Gasteiger partial charge on any atom is -0.395 e. The van der Waals surface area contributed by atoms with Crippen molar-refractivity contribution in [3.05, 3.63) is 0 Å². The Labute approximate surface area is 113 Å². The molecule has 0 aromatic carbocycles. The predicted molar refractivity (Wildman–Crippen MR) is 77.9 cm³/mol. The normalized spacial score (nSPS) is 23.0. The molecule has 0 saturated carbocycles. The Balaban J connectivity index is 2.69. The van der Waals surface area contributed by atoms with Crippen molar-refractivity contribution in [3.8, 4) is 0 Å². The molecule has 1 fully saturated rings. The monoisotopic (exact) mass is 256 g/mol. The van der Waals surface area contributed by atoms with Crippen LogP contribution in [0.5, 0.6) is 0 Å². The summed E-state index contributed by atoms with van der Waals surface area (Å²) in [5.74, 6) is 0. The highest BCUT2D eigenvalue weighted by molar-refractivity contribution is 4.86. The Kier molecular flexibility index (Phi) is 7.20. The zero-order chi connectivity index (χ0) is 13.4. The molecule has 1 saturated heterocycles. The lowest BCUT2D eigenvalue weighted by Crippen LogP contribution is -2.47. The van der Waals surface area contributed by atoms with Crippen LogP contribution in [-0.4, -0.2) is 49.3 Å². The van der Waals surface area contributed by atoms with Crippen molar-refractivity contribution in [1.29, 1.82) is 0 Å². The summed E-state index contributed by atoms with van der Waals surface area (Å²) in [5, 5.41) is 13.0. The molecule has 0 aliphatic carbocycles. The molecule has 1 atom stereocenters. The third-order valence-electron chi connectivity index (χ3n) is 4.80. The first-order valence-electron chi connectivity index (χ1n) is 7.71. The maximum atomic E-state index is 9.60. The van der Waals surface area contributed by atoms with Gasteiger partial charge in [0.2, 0.25) is 0 Å². The first-order valence-corrected chi connectivity index (χ1v) is 7.71. The molecule has 1 rings (SSSR count). The van der Waals surface area contributed by atoms with E-state index in [1.165, 1.54) is 38.5 Å². The molecule has 1 unspecified atom stereocenters. The average Bonchev–Trinajstić information content (AvgIpc) is 2.63. The molecule has 1 heterocycles. The van der Waals surface area contributed by atoms with Gasteiger partial charge in [0, 0.05) is 19.1 Å². The highest BCUT2D eigenvalue weighted by atomic mass is 16.3. The second-order valence-electron chi connectivity index (χ2n) is 5.89. The summed E-state index contributed by atoms with van der Waals surface area (Å²) in [4.78, 5) is 2.55. The number of hydrogen-bond acceptors (Lipinski definition) is 3. The van der Waals surface area contributed by atoms with Crippen LogP contribution in [0.3, 0.4) is 0 Å². The highest BCUT2D eigenvalue weighted by Crippen LogP contribution is 2.29. The lowest BCUT2D eigenvalue weighted by atomic mass is 9.81. The van der Waals surface area contributed by atoms with Gasteiger partial charge in [0.15, 0.2) is 0 Å². The highest BCUT2D eigenvalue weighted by Gasteiger charge is 2.31. The van der Waals surface area contributed by atoms with E-state index < -0.39 is 0 Å². The first-order chi connectivity index (χ1) is 8.71. The number of aliphatic hydroxyl groups excluding tert-OH is 1. The van der Waals surface area contributed by atoms with E-state index in [-0.39, 0.29) is 0 Å². The third-order valence-corrected chi connectivity index (χ3v) is 4.80. The first kappa shape index (κ1) is 15.9. The molecule has 0 aromatic rings. The SMILES string of the molecule is CCC(CC)(CNC)CN1CCCCCC1CO. The van der Waals surface area contributed by atoms with E-state index >= 15 is 0 Å². The summed E-state index contributed by atoms with van der Waals surface area (Å²) < 4.78 is 0. The van der Waals surface area contributed by atoms with Gasteiger partial charge in [-0.1, -0.05) is 26.7 Å². The summed E-state index contributed by atoms with van der Waals surface area (Å²) >= 11 is 0. The standard InChI is InChI=1S/C15H32N2O/c1-4-15(5-2,12-16-3)13-17-10-8-6-7-9-14(17)11-18/h14,16,18H,4-13H2,1-3H3. The zero-order valence-corrected chi connectivity index (χ0v) is 12.5. The van der Waals surface area contributed by atoms with E-state index in [4.69, 9.17) is 0 Å². The maximum absolute atomic E-state index is 9.60. The van der Waals surface area contributed by atoms with E-state index in [0.29, 0.717) is 18.1 Å². The van der Waals surface area contributed by atoms with E-state index in [1.807, 2.05) is 7.05 Å². The zero-order valence-electron chi connectivity index (χ0n) is 12.5. The second-order valence-corrected chi connectivity index (χ2v) is 5.89. The van der Waals surface area contributed by atoms with Gasteiger partial charge in [-0.3, -0.25) is 4.90 Å². The molecule has 18 heavy (non-hydrogen) atoms. The number of hydrogen-bond donors (Lipinski definition) is 2. The van der Waals surface area contributed by atoms with Crippen LogP contribution in [0.2, 0.25) is 0 Å². The van der Waals surface area contributed by atoms with Crippen molar-refractivity contribution in [3.63, 3.8) is 0 Å². The number of nitrogens with one attached hydrogen (secondary N) is 1. The van der Waals surface area contributed by atoms with Gasteiger partial charge < -0.3 is 10.4 Å². The topological polar surface area (TPSA) is 35.5 Å². The van der Waals surface area contributed by atoms with Gasteiger partial charge in [-0.2, -0.15) is 0 Å². The summed E-state index contributed by atoms with van der Waals surface area (Å²) in [7, 11) is 2.05. The van der Waals surface area contributed by atoms with Crippen LogP contribution in [0.25, 0.3) is 0 Å². The minimum absolute atomic E-state index is 0.322. The number of nitrogens with zero attached hydrogens (tertiary/aromatic N) is 1. The molecule has 0 spiro atoms. The molecule has 3 heteroatoms. The van der Waals surface area contributed by atoms with Crippen molar-refractivity contribution < 1.29 is 5.11 Å². The predicted octanol–water partition coefficient (Wildman–Crippen LogP) is 2.25. The molecule has 1 aliphatic rings. The number of rotatable bonds is 7. The Morgan fingerprint density at radius 1 is 1.22 bits per heavy atom. The molecule has 3 nitrogen and oxygen atoms in total. The van der Waals surface area contributed by atoms with Gasteiger partial charge >= 0.3 is 0 Å². The fourth-order valence-electron chi connectivity index (χ4n) is 3.24. The molecule has 0 radical (unpaired) electrons. The number of aliphatic hydroxyl groups is 1. The molecule has 1 aliphatic heterocycles. The number of likely N-dealkylation sites (tertiary alicyclic amines) is 1. The minimum atomic E-state index is 0.322. The summed E-state index contributed by atoms with van der Waals surface area (Å²) in [6, 6.07) is 0.391. The molecule has 0 aromatic heterocycles. The van der Waals surface area contributed by atoms with Gasteiger partial charge in [-0.05, 0) is 44.7 Å².